The van der Waals surface area contributed by atoms with Crippen LogP contribution in [0.1, 0.15) is 18.0 Å². The zero-order chi connectivity index (χ0) is 18.6. The number of nitrogens with zero attached hydrogens (tertiary/aromatic N) is 3. The van der Waals surface area contributed by atoms with Crippen LogP contribution >= 0.6 is 11.8 Å². The Morgan fingerprint density at radius 1 is 1.04 bits per heavy atom. The molecule has 8 heteroatoms. The SMILES string of the molecule is O=C(Nc1ccnn1-c1ccncc1)C(=O)N[C@@H]1CCSc2ccccc21. The smallest absolute Gasteiger partial charge is 0.314 e. The van der Waals surface area contributed by atoms with Crippen LogP contribution in [0.5, 0.6) is 0 Å². The van der Waals surface area contributed by atoms with Crippen molar-refractivity contribution in [3.8, 4) is 5.69 Å². The summed E-state index contributed by atoms with van der Waals surface area (Å²) in [7, 11) is 0. The lowest BCUT2D eigenvalue weighted by Crippen LogP contribution is -2.39. The molecule has 0 aliphatic carbocycles. The molecule has 0 spiro atoms. The summed E-state index contributed by atoms with van der Waals surface area (Å²) < 4.78 is 1.54. The van der Waals surface area contributed by atoms with Gasteiger partial charge in [-0.2, -0.15) is 5.10 Å². The quantitative estimate of drug-likeness (QED) is 0.683. The van der Waals surface area contributed by atoms with E-state index in [1.165, 1.54) is 0 Å². The molecule has 7 nitrogen and oxygen atoms in total. The number of fused-ring (bicyclic) bond motifs is 1. The van der Waals surface area contributed by atoms with Gasteiger partial charge in [-0.25, -0.2) is 4.68 Å². The Morgan fingerprint density at radius 2 is 1.85 bits per heavy atom. The highest BCUT2D eigenvalue weighted by Crippen LogP contribution is 2.35. The minimum absolute atomic E-state index is 0.161. The molecule has 2 N–H and O–H groups in total. The van der Waals surface area contributed by atoms with Gasteiger partial charge in [-0.3, -0.25) is 14.6 Å². The molecule has 1 aliphatic heterocycles. The first-order chi connectivity index (χ1) is 13.2. The van der Waals surface area contributed by atoms with E-state index in [4.69, 9.17) is 0 Å². The molecule has 3 heterocycles. The number of pyridine rings is 1. The summed E-state index contributed by atoms with van der Waals surface area (Å²) in [6.07, 6.45) is 5.61. The van der Waals surface area contributed by atoms with Gasteiger partial charge in [-0.1, -0.05) is 18.2 Å². The van der Waals surface area contributed by atoms with Crippen LogP contribution < -0.4 is 10.6 Å². The fraction of sp³-hybridized carbons (Fsp3) is 0.158. The van der Waals surface area contributed by atoms with Gasteiger partial charge in [0.05, 0.1) is 17.9 Å². The lowest BCUT2D eigenvalue weighted by atomic mass is 10.0. The third kappa shape index (κ3) is 3.70. The van der Waals surface area contributed by atoms with Crippen LogP contribution in [0.15, 0.2) is 66.0 Å². The summed E-state index contributed by atoms with van der Waals surface area (Å²) in [4.78, 5) is 29.9. The average molecular weight is 379 g/mol. The highest BCUT2D eigenvalue weighted by atomic mass is 32.2. The van der Waals surface area contributed by atoms with Crippen molar-refractivity contribution in [1.82, 2.24) is 20.1 Å². The molecule has 2 aromatic heterocycles. The average Bonchev–Trinajstić information content (AvgIpc) is 3.17. The lowest BCUT2D eigenvalue weighted by molar-refractivity contribution is -0.136. The lowest BCUT2D eigenvalue weighted by Gasteiger charge is -2.25. The van der Waals surface area contributed by atoms with Gasteiger partial charge >= 0.3 is 11.8 Å². The van der Waals surface area contributed by atoms with Crippen molar-refractivity contribution in [3.05, 3.63) is 66.6 Å². The van der Waals surface area contributed by atoms with Gasteiger partial charge in [0.15, 0.2) is 0 Å². The van der Waals surface area contributed by atoms with Crippen molar-refractivity contribution >= 4 is 29.4 Å². The zero-order valence-electron chi connectivity index (χ0n) is 14.3. The van der Waals surface area contributed by atoms with Crippen molar-refractivity contribution in [2.45, 2.75) is 17.4 Å². The van der Waals surface area contributed by atoms with Crippen molar-refractivity contribution in [1.29, 1.82) is 0 Å². The molecule has 0 radical (unpaired) electrons. The van der Waals surface area contributed by atoms with Crippen molar-refractivity contribution < 1.29 is 9.59 Å². The van der Waals surface area contributed by atoms with Crippen molar-refractivity contribution in [3.63, 3.8) is 0 Å². The van der Waals surface area contributed by atoms with Gasteiger partial charge < -0.3 is 10.6 Å². The number of benzene rings is 1. The molecular weight excluding hydrogens is 362 g/mol. The number of aromatic nitrogens is 3. The predicted molar refractivity (Wildman–Crippen MR) is 103 cm³/mol. The van der Waals surface area contributed by atoms with Crippen molar-refractivity contribution in [2.24, 2.45) is 0 Å². The molecule has 0 saturated heterocycles. The second-order valence-electron chi connectivity index (χ2n) is 5.99. The first-order valence-corrected chi connectivity index (χ1v) is 9.49. The Bertz CT molecular complexity index is 973. The van der Waals surface area contributed by atoms with Crippen molar-refractivity contribution in [2.75, 3.05) is 11.1 Å². The van der Waals surface area contributed by atoms with E-state index >= 15 is 0 Å². The number of carbonyl (C=O) groups is 2. The monoisotopic (exact) mass is 379 g/mol. The standard InChI is InChI=1S/C19H17N5O2S/c25-18(22-15-8-12-27-16-4-2-1-3-14(15)16)19(26)23-17-7-11-21-24(17)13-5-9-20-10-6-13/h1-7,9-11,15H,8,12H2,(H,22,25)(H,23,26)/t15-/m1/s1. The first-order valence-electron chi connectivity index (χ1n) is 8.50. The highest BCUT2D eigenvalue weighted by Gasteiger charge is 2.25. The molecule has 0 bridgehead atoms. The van der Waals surface area contributed by atoms with E-state index < -0.39 is 11.8 Å². The zero-order valence-corrected chi connectivity index (χ0v) is 15.1. The second kappa shape index (κ2) is 7.63. The van der Waals surface area contributed by atoms with Crippen LogP contribution in [-0.2, 0) is 9.59 Å². The maximum Gasteiger partial charge on any atom is 0.314 e. The van der Waals surface area contributed by atoms with E-state index in [-0.39, 0.29) is 6.04 Å². The second-order valence-corrected chi connectivity index (χ2v) is 7.13. The Hall–Kier alpha value is -3.13. The van der Waals surface area contributed by atoms with Crippen LogP contribution in [0.3, 0.4) is 0 Å². The molecule has 1 aromatic carbocycles. The molecule has 27 heavy (non-hydrogen) atoms. The van der Waals surface area contributed by atoms with Crippen LogP contribution in [0.2, 0.25) is 0 Å². The van der Waals surface area contributed by atoms with E-state index in [0.717, 1.165) is 28.3 Å². The third-order valence-electron chi connectivity index (χ3n) is 4.26. The van der Waals surface area contributed by atoms with Crippen LogP contribution in [0.25, 0.3) is 5.69 Å². The molecule has 3 aromatic rings. The van der Waals surface area contributed by atoms with E-state index in [2.05, 4.69) is 20.7 Å². The molecule has 0 unspecified atom stereocenters. The number of anilines is 1. The Balaban J connectivity index is 1.46. The molecule has 0 fully saturated rings. The maximum absolute atomic E-state index is 12.4. The number of thioether (sulfide) groups is 1. The Kier molecular flexibility index (Phi) is 4.88. The summed E-state index contributed by atoms with van der Waals surface area (Å²) in [6, 6.07) is 12.9. The summed E-state index contributed by atoms with van der Waals surface area (Å²) in [6.45, 7) is 0. The number of hydrogen-bond donors (Lipinski definition) is 2. The van der Waals surface area contributed by atoms with Crippen LogP contribution in [-0.4, -0.2) is 32.3 Å². The normalized spacial score (nSPS) is 15.6. The van der Waals surface area contributed by atoms with Gasteiger partial charge in [0.2, 0.25) is 0 Å². The third-order valence-corrected chi connectivity index (χ3v) is 5.38. The van der Waals surface area contributed by atoms with Gasteiger partial charge in [-0.15, -0.1) is 11.8 Å². The fourth-order valence-corrected chi connectivity index (χ4v) is 4.10. The number of nitrogens with one attached hydrogen (secondary N) is 2. The van der Waals surface area contributed by atoms with Gasteiger partial charge in [-0.05, 0) is 30.2 Å². The van der Waals surface area contributed by atoms with Crippen LogP contribution in [0, 0.1) is 0 Å². The van der Waals surface area contributed by atoms with E-state index in [1.807, 2.05) is 24.3 Å². The molecule has 136 valence electrons. The number of carbonyl (C=O) groups excluding carboxylic acids is 2. The number of rotatable bonds is 3. The van der Waals surface area contributed by atoms with Gasteiger partial charge in [0.25, 0.3) is 0 Å². The van der Waals surface area contributed by atoms with E-state index in [0.29, 0.717) is 5.82 Å². The Labute approximate surface area is 160 Å². The minimum Gasteiger partial charge on any atom is -0.341 e. The summed E-state index contributed by atoms with van der Waals surface area (Å²) in [5.41, 5.74) is 1.79. The molecule has 4 rings (SSSR count). The predicted octanol–water partition coefficient (Wildman–Crippen LogP) is 2.56. The molecule has 2 amide bonds. The van der Waals surface area contributed by atoms with E-state index in [1.54, 1.807) is 53.2 Å². The summed E-state index contributed by atoms with van der Waals surface area (Å²) in [5.74, 6) is -0.0649. The van der Waals surface area contributed by atoms with Gasteiger partial charge in [0, 0.05) is 29.1 Å². The highest BCUT2D eigenvalue weighted by molar-refractivity contribution is 7.99. The van der Waals surface area contributed by atoms with Gasteiger partial charge in [0.1, 0.15) is 5.82 Å². The first kappa shape index (κ1) is 17.3. The number of hydrogen-bond acceptors (Lipinski definition) is 5. The Morgan fingerprint density at radius 3 is 2.70 bits per heavy atom. The molecule has 1 atom stereocenters. The molecule has 0 saturated carbocycles. The van der Waals surface area contributed by atoms with E-state index in [9.17, 15) is 9.59 Å². The molecular formula is C19H17N5O2S. The minimum atomic E-state index is -0.721. The van der Waals surface area contributed by atoms with Crippen LogP contribution in [0.4, 0.5) is 5.82 Å². The molecule has 1 aliphatic rings. The summed E-state index contributed by atoms with van der Waals surface area (Å²) in [5, 5.41) is 9.65. The topological polar surface area (TPSA) is 88.9 Å². The largest absolute Gasteiger partial charge is 0.341 e. The number of amides is 2. The fourth-order valence-electron chi connectivity index (χ4n) is 2.98. The maximum atomic E-state index is 12.4. The summed E-state index contributed by atoms with van der Waals surface area (Å²) >= 11 is 1.76.